The smallest absolute Gasteiger partial charge is 0.231 e. The molecule has 5 nitrogen and oxygen atoms in total. The quantitative estimate of drug-likeness (QED) is 0.937. The van der Waals surface area contributed by atoms with Gasteiger partial charge < -0.3 is 10.2 Å². The molecule has 2 amide bonds. The average Bonchev–Trinajstić information content (AvgIpc) is 3.06. The zero-order valence-corrected chi connectivity index (χ0v) is 13.4. The molecule has 1 aromatic heterocycles. The third-order valence-corrected chi connectivity index (χ3v) is 4.61. The molecule has 114 valence electrons. The fourth-order valence-electron chi connectivity index (χ4n) is 2.37. The molecule has 1 aliphatic rings. The number of hydrogen-bond acceptors (Lipinski definition) is 4. The SMILES string of the molecule is Cc1csc(NC(=O)C2CC(=O)N(c3ccc(Cl)cc3)C2)n1. The minimum atomic E-state index is -0.368. The first kappa shape index (κ1) is 15.0. The number of carbonyl (C=O) groups is 2. The van der Waals surface area contributed by atoms with Crippen molar-refractivity contribution in [2.45, 2.75) is 13.3 Å². The lowest BCUT2D eigenvalue weighted by Gasteiger charge is -2.16. The van der Waals surface area contributed by atoms with Gasteiger partial charge in [-0.15, -0.1) is 11.3 Å². The van der Waals surface area contributed by atoms with Crippen LogP contribution in [0.4, 0.5) is 10.8 Å². The van der Waals surface area contributed by atoms with Gasteiger partial charge in [-0.2, -0.15) is 0 Å². The number of rotatable bonds is 3. The average molecular weight is 336 g/mol. The maximum absolute atomic E-state index is 12.3. The monoisotopic (exact) mass is 335 g/mol. The Bertz CT molecular complexity index is 714. The Kier molecular flexibility index (Phi) is 4.13. The van der Waals surface area contributed by atoms with Crippen LogP contribution in [0.25, 0.3) is 0 Å². The second-order valence-corrected chi connectivity index (χ2v) is 6.46. The van der Waals surface area contributed by atoms with Crippen LogP contribution in [0.3, 0.4) is 0 Å². The van der Waals surface area contributed by atoms with Gasteiger partial charge in [0.2, 0.25) is 11.8 Å². The van der Waals surface area contributed by atoms with Gasteiger partial charge in [0.1, 0.15) is 0 Å². The van der Waals surface area contributed by atoms with Gasteiger partial charge in [0.15, 0.2) is 5.13 Å². The predicted molar refractivity (Wildman–Crippen MR) is 87.4 cm³/mol. The summed E-state index contributed by atoms with van der Waals surface area (Å²) in [4.78, 5) is 30.2. The topological polar surface area (TPSA) is 62.3 Å². The summed E-state index contributed by atoms with van der Waals surface area (Å²) < 4.78 is 0. The summed E-state index contributed by atoms with van der Waals surface area (Å²) in [5, 5.41) is 5.83. The van der Waals surface area contributed by atoms with Gasteiger partial charge >= 0.3 is 0 Å². The molecule has 1 N–H and O–H groups in total. The first-order valence-electron chi connectivity index (χ1n) is 6.82. The molecule has 0 spiro atoms. The normalized spacial score (nSPS) is 17.8. The number of aromatic nitrogens is 1. The Balaban J connectivity index is 1.68. The lowest BCUT2D eigenvalue weighted by molar-refractivity contribution is -0.122. The van der Waals surface area contributed by atoms with Crippen molar-refractivity contribution in [2.75, 3.05) is 16.8 Å². The Morgan fingerprint density at radius 1 is 1.41 bits per heavy atom. The van der Waals surface area contributed by atoms with E-state index in [9.17, 15) is 9.59 Å². The molecule has 1 fully saturated rings. The summed E-state index contributed by atoms with van der Waals surface area (Å²) in [6.45, 7) is 2.24. The zero-order chi connectivity index (χ0) is 15.7. The molecule has 0 radical (unpaired) electrons. The van der Waals surface area contributed by atoms with Crippen molar-refractivity contribution in [3.63, 3.8) is 0 Å². The van der Waals surface area contributed by atoms with Crippen LogP contribution in [-0.2, 0) is 9.59 Å². The van der Waals surface area contributed by atoms with Crippen LogP contribution in [0, 0.1) is 12.8 Å². The number of nitrogens with zero attached hydrogens (tertiary/aromatic N) is 2. The van der Waals surface area contributed by atoms with Gasteiger partial charge in [0, 0.05) is 29.1 Å². The summed E-state index contributed by atoms with van der Waals surface area (Å²) in [5.41, 5.74) is 1.63. The van der Waals surface area contributed by atoms with Crippen LogP contribution in [-0.4, -0.2) is 23.3 Å². The van der Waals surface area contributed by atoms with Gasteiger partial charge in [-0.1, -0.05) is 11.6 Å². The number of hydrogen-bond donors (Lipinski definition) is 1. The number of halogens is 1. The van der Waals surface area contributed by atoms with Crippen molar-refractivity contribution in [1.82, 2.24) is 4.98 Å². The van der Waals surface area contributed by atoms with Gasteiger partial charge in [-0.25, -0.2) is 4.98 Å². The molecule has 0 saturated carbocycles. The minimum absolute atomic E-state index is 0.0576. The minimum Gasteiger partial charge on any atom is -0.312 e. The summed E-state index contributed by atoms with van der Waals surface area (Å²) in [6, 6.07) is 7.03. The fraction of sp³-hybridized carbons (Fsp3) is 0.267. The van der Waals surface area contributed by atoms with Gasteiger partial charge in [-0.3, -0.25) is 9.59 Å². The Hall–Kier alpha value is -1.92. The van der Waals surface area contributed by atoms with Crippen LogP contribution in [0.5, 0.6) is 0 Å². The molecule has 1 unspecified atom stereocenters. The van der Waals surface area contributed by atoms with E-state index < -0.39 is 0 Å². The largest absolute Gasteiger partial charge is 0.312 e. The van der Waals surface area contributed by atoms with E-state index in [0.29, 0.717) is 16.7 Å². The predicted octanol–water partition coefficient (Wildman–Crippen LogP) is 3.10. The standard InChI is InChI=1S/C15H14ClN3O2S/c1-9-8-22-15(17-9)18-14(21)10-6-13(20)19(7-10)12-4-2-11(16)3-5-12/h2-5,8,10H,6-7H2,1H3,(H,17,18,21). The summed E-state index contributed by atoms with van der Waals surface area (Å²) in [6.07, 6.45) is 0.207. The van der Waals surface area contributed by atoms with Gasteiger partial charge in [-0.05, 0) is 31.2 Å². The Morgan fingerprint density at radius 2 is 2.14 bits per heavy atom. The molecule has 2 heterocycles. The Labute approximate surface area is 136 Å². The van der Waals surface area contributed by atoms with Crippen molar-refractivity contribution < 1.29 is 9.59 Å². The Morgan fingerprint density at radius 3 is 2.77 bits per heavy atom. The molecule has 7 heteroatoms. The number of nitrogens with one attached hydrogen (secondary N) is 1. The van der Waals surface area contributed by atoms with Crippen molar-refractivity contribution in [1.29, 1.82) is 0 Å². The molecule has 22 heavy (non-hydrogen) atoms. The second-order valence-electron chi connectivity index (χ2n) is 5.17. The number of thiazole rings is 1. The zero-order valence-electron chi connectivity index (χ0n) is 11.9. The van der Waals surface area contributed by atoms with Crippen molar-refractivity contribution in [2.24, 2.45) is 5.92 Å². The highest BCUT2D eigenvalue weighted by Crippen LogP contribution is 2.27. The van der Waals surface area contributed by atoms with E-state index >= 15 is 0 Å². The van der Waals surface area contributed by atoms with E-state index in [1.165, 1.54) is 11.3 Å². The van der Waals surface area contributed by atoms with E-state index in [4.69, 9.17) is 11.6 Å². The van der Waals surface area contributed by atoms with Crippen molar-refractivity contribution in [3.8, 4) is 0 Å². The van der Waals surface area contributed by atoms with Crippen molar-refractivity contribution in [3.05, 3.63) is 40.4 Å². The van der Waals surface area contributed by atoms with Crippen LogP contribution in [0.1, 0.15) is 12.1 Å². The maximum atomic E-state index is 12.3. The lowest BCUT2D eigenvalue weighted by Crippen LogP contribution is -2.28. The van der Waals surface area contributed by atoms with Crippen LogP contribution in [0.15, 0.2) is 29.6 Å². The van der Waals surface area contributed by atoms with Gasteiger partial charge in [0.05, 0.1) is 11.6 Å². The van der Waals surface area contributed by atoms with E-state index in [2.05, 4.69) is 10.3 Å². The lowest BCUT2D eigenvalue weighted by atomic mass is 10.1. The first-order valence-corrected chi connectivity index (χ1v) is 8.07. The molecule has 2 aromatic rings. The highest BCUT2D eigenvalue weighted by Gasteiger charge is 2.35. The first-order chi connectivity index (χ1) is 10.5. The summed E-state index contributed by atoms with van der Waals surface area (Å²) in [5.74, 6) is -0.593. The highest BCUT2D eigenvalue weighted by atomic mass is 35.5. The number of anilines is 2. The van der Waals surface area contributed by atoms with E-state index in [1.54, 1.807) is 29.2 Å². The van der Waals surface area contributed by atoms with Crippen LogP contribution >= 0.6 is 22.9 Å². The number of amides is 2. The summed E-state index contributed by atoms with van der Waals surface area (Å²) in [7, 11) is 0. The molecule has 1 atom stereocenters. The third-order valence-electron chi connectivity index (χ3n) is 3.48. The molecule has 1 aromatic carbocycles. The maximum Gasteiger partial charge on any atom is 0.231 e. The summed E-state index contributed by atoms with van der Waals surface area (Å²) >= 11 is 7.23. The molecule has 1 saturated heterocycles. The molecule has 1 aliphatic heterocycles. The van der Waals surface area contributed by atoms with E-state index in [1.807, 2.05) is 12.3 Å². The number of carbonyl (C=O) groups excluding carboxylic acids is 2. The van der Waals surface area contributed by atoms with Crippen LogP contribution in [0.2, 0.25) is 5.02 Å². The second kappa shape index (κ2) is 6.06. The van der Waals surface area contributed by atoms with E-state index in [0.717, 1.165) is 11.4 Å². The molecule has 3 rings (SSSR count). The molecule has 0 aliphatic carbocycles. The number of aryl methyl sites for hydroxylation is 1. The molecular weight excluding hydrogens is 322 g/mol. The fourth-order valence-corrected chi connectivity index (χ4v) is 3.19. The van der Waals surface area contributed by atoms with E-state index in [-0.39, 0.29) is 24.2 Å². The molecule has 0 bridgehead atoms. The third kappa shape index (κ3) is 3.13. The number of benzene rings is 1. The highest BCUT2D eigenvalue weighted by molar-refractivity contribution is 7.13. The van der Waals surface area contributed by atoms with Crippen LogP contribution < -0.4 is 10.2 Å². The van der Waals surface area contributed by atoms with Gasteiger partial charge in [0.25, 0.3) is 0 Å². The van der Waals surface area contributed by atoms with Crippen molar-refractivity contribution >= 4 is 45.6 Å². The molecular formula is C15H14ClN3O2S.